The molecule has 0 saturated heterocycles. The lowest BCUT2D eigenvalue weighted by Gasteiger charge is -2.00. The molecular weight excluding hydrogens is 130 g/mol. The Hall–Kier alpha value is -0.370. The van der Waals surface area contributed by atoms with Crippen molar-refractivity contribution in [1.82, 2.24) is 4.37 Å². The van der Waals surface area contributed by atoms with E-state index in [0.717, 1.165) is 6.42 Å². The molecule has 1 aromatic rings. The Balaban J connectivity index is 2.65. The quantitative estimate of drug-likeness (QED) is 0.615. The van der Waals surface area contributed by atoms with Gasteiger partial charge in [-0.15, -0.1) is 0 Å². The highest BCUT2D eigenvalue weighted by Crippen LogP contribution is 2.16. The summed E-state index contributed by atoms with van der Waals surface area (Å²) < 4.78 is 4.17. The molecule has 0 saturated carbocycles. The smallest absolute Gasteiger partial charge is 0.0668 e. The number of nitrogens with zero attached hydrogens (tertiary/aromatic N) is 1. The molecule has 0 aromatic carbocycles. The van der Waals surface area contributed by atoms with E-state index in [1.54, 1.807) is 0 Å². The lowest BCUT2D eigenvalue weighted by atomic mass is 10.1. The van der Waals surface area contributed by atoms with Gasteiger partial charge >= 0.3 is 0 Å². The minimum Gasteiger partial charge on any atom is -0.197 e. The van der Waals surface area contributed by atoms with E-state index in [1.165, 1.54) is 17.2 Å². The van der Waals surface area contributed by atoms with Gasteiger partial charge in [-0.05, 0) is 29.9 Å². The van der Waals surface area contributed by atoms with Crippen LogP contribution in [0.15, 0.2) is 6.07 Å². The second-order valence-corrected chi connectivity index (χ2v) is 2.78. The van der Waals surface area contributed by atoms with E-state index in [4.69, 9.17) is 0 Å². The van der Waals surface area contributed by atoms with Gasteiger partial charge in [-0.1, -0.05) is 13.8 Å². The molecule has 0 spiro atoms. The fraction of sp³-hybridized carbons (Fsp3) is 0.571. The molecule has 0 aliphatic carbocycles. The Labute approximate surface area is 59.9 Å². The highest BCUT2D eigenvalue weighted by Gasteiger charge is 2.02. The van der Waals surface area contributed by atoms with Gasteiger partial charge in [-0.2, -0.15) is 4.37 Å². The molecule has 0 aliphatic heterocycles. The molecule has 1 aromatic heterocycles. The van der Waals surface area contributed by atoms with Gasteiger partial charge in [0.1, 0.15) is 0 Å². The Morgan fingerprint density at radius 3 is 3.11 bits per heavy atom. The second-order valence-electron chi connectivity index (χ2n) is 2.18. The SMILES string of the molecule is CCC(C)c1c[c]sn1. The third-order valence-corrected chi connectivity index (χ3v) is 2.05. The first kappa shape index (κ1) is 6.75. The summed E-state index contributed by atoms with van der Waals surface area (Å²) in [6.07, 6.45) is 1.16. The molecular formula is C7H10NS. The molecule has 1 atom stereocenters. The van der Waals surface area contributed by atoms with Crippen molar-refractivity contribution in [3.8, 4) is 0 Å². The number of rotatable bonds is 2. The molecule has 0 N–H and O–H groups in total. The van der Waals surface area contributed by atoms with E-state index in [1.807, 2.05) is 6.07 Å². The van der Waals surface area contributed by atoms with Crippen LogP contribution >= 0.6 is 11.5 Å². The van der Waals surface area contributed by atoms with Crippen molar-refractivity contribution < 1.29 is 0 Å². The van der Waals surface area contributed by atoms with Crippen molar-refractivity contribution in [2.45, 2.75) is 26.2 Å². The summed E-state index contributed by atoms with van der Waals surface area (Å²) in [7, 11) is 0. The first-order valence-corrected chi connectivity index (χ1v) is 3.94. The van der Waals surface area contributed by atoms with Crippen LogP contribution in [0.1, 0.15) is 31.9 Å². The predicted octanol–water partition coefficient (Wildman–Crippen LogP) is 2.46. The summed E-state index contributed by atoms with van der Waals surface area (Å²) in [5, 5.41) is 2.98. The van der Waals surface area contributed by atoms with Gasteiger partial charge < -0.3 is 0 Å². The van der Waals surface area contributed by atoms with Crippen molar-refractivity contribution in [2.75, 3.05) is 0 Å². The van der Waals surface area contributed by atoms with Crippen LogP contribution in [-0.2, 0) is 0 Å². The average Bonchev–Trinajstić information content (AvgIpc) is 2.37. The van der Waals surface area contributed by atoms with E-state index in [9.17, 15) is 0 Å². The number of hydrogen-bond donors (Lipinski definition) is 0. The van der Waals surface area contributed by atoms with Crippen LogP contribution in [0.25, 0.3) is 0 Å². The average molecular weight is 140 g/mol. The van der Waals surface area contributed by atoms with Gasteiger partial charge in [0, 0.05) is 0 Å². The van der Waals surface area contributed by atoms with Crippen LogP contribution in [0, 0.1) is 5.38 Å². The minimum absolute atomic E-state index is 0.604. The van der Waals surface area contributed by atoms with E-state index in [2.05, 4.69) is 23.6 Å². The Bertz CT molecular complexity index is 157. The van der Waals surface area contributed by atoms with Crippen LogP contribution in [-0.4, -0.2) is 4.37 Å². The van der Waals surface area contributed by atoms with Gasteiger partial charge in [0.25, 0.3) is 0 Å². The van der Waals surface area contributed by atoms with E-state index in [-0.39, 0.29) is 0 Å². The zero-order valence-corrected chi connectivity index (χ0v) is 6.53. The first-order chi connectivity index (χ1) is 4.34. The molecule has 1 unspecified atom stereocenters. The van der Waals surface area contributed by atoms with E-state index < -0.39 is 0 Å². The van der Waals surface area contributed by atoms with Crippen LogP contribution in [0.4, 0.5) is 0 Å². The topological polar surface area (TPSA) is 12.9 Å². The third kappa shape index (κ3) is 1.52. The largest absolute Gasteiger partial charge is 0.197 e. The molecule has 2 heteroatoms. The second kappa shape index (κ2) is 2.97. The normalized spacial score (nSPS) is 13.6. The molecule has 49 valence electrons. The monoisotopic (exact) mass is 140 g/mol. The van der Waals surface area contributed by atoms with Gasteiger partial charge in [0.05, 0.1) is 11.1 Å². The first-order valence-electron chi connectivity index (χ1n) is 3.17. The van der Waals surface area contributed by atoms with Crippen molar-refractivity contribution in [2.24, 2.45) is 0 Å². The van der Waals surface area contributed by atoms with Crippen LogP contribution in [0.2, 0.25) is 0 Å². The standard InChI is InChI=1S/C7H10NS/c1-3-6(2)7-4-5-9-8-7/h4,6H,3H2,1-2H3. The molecule has 1 heterocycles. The van der Waals surface area contributed by atoms with Gasteiger partial charge in [0.2, 0.25) is 0 Å². The van der Waals surface area contributed by atoms with Crippen LogP contribution in [0.5, 0.6) is 0 Å². The number of aromatic nitrogens is 1. The summed E-state index contributed by atoms with van der Waals surface area (Å²) >= 11 is 1.41. The molecule has 0 aliphatic rings. The zero-order valence-electron chi connectivity index (χ0n) is 5.72. The van der Waals surface area contributed by atoms with E-state index >= 15 is 0 Å². The van der Waals surface area contributed by atoms with Crippen molar-refractivity contribution in [3.05, 3.63) is 17.1 Å². The lowest BCUT2D eigenvalue weighted by Crippen LogP contribution is -1.88. The van der Waals surface area contributed by atoms with Gasteiger partial charge in [-0.25, -0.2) is 0 Å². The van der Waals surface area contributed by atoms with Crippen molar-refractivity contribution in [3.63, 3.8) is 0 Å². The molecule has 1 radical (unpaired) electrons. The molecule has 0 fully saturated rings. The van der Waals surface area contributed by atoms with E-state index in [0.29, 0.717) is 5.92 Å². The molecule has 1 rings (SSSR count). The Morgan fingerprint density at radius 2 is 2.67 bits per heavy atom. The minimum atomic E-state index is 0.604. The maximum absolute atomic E-state index is 4.17. The summed E-state index contributed by atoms with van der Waals surface area (Å²) in [5.74, 6) is 0.604. The maximum atomic E-state index is 4.17. The Morgan fingerprint density at radius 1 is 1.89 bits per heavy atom. The highest BCUT2D eigenvalue weighted by atomic mass is 32.1. The van der Waals surface area contributed by atoms with Crippen molar-refractivity contribution >= 4 is 11.5 Å². The maximum Gasteiger partial charge on any atom is 0.0668 e. The van der Waals surface area contributed by atoms with Gasteiger partial charge in [-0.3, -0.25) is 0 Å². The van der Waals surface area contributed by atoms with Crippen molar-refractivity contribution in [1.29, 1.82) is 0 Å². The highest BCUT2D eigenvalue weighted by molar-refractivity contribution is 7.03. The molecule has 0 amide bonds. The lowest BCUT2D eigenvalue weighted by molar-refractivity contribution is 0.717. The summed E-state index contributed by atoms with van der Waals surface area (Å²) in [6, 6.07) is 1.97. The van der Waals surface area contributed by atoms with Crippen LogP contribution in [0.3, 0.4) is 0 Å². The number of hydrogen-bond acceptors (Lipinski definition) is 2. The third-order valence-electron chi connectivity index (χ3n) is 1.53. The predicted molar refractivity (Wildman–Crippen MR) is 39.7 cm³/mol. The molecule has 0 bridgehead atoms. The molecule has 9 heavy (non-hydrogen) atoms. The zero-order chi connectivity index (χ0) is 6.69. The summed E-state index contributed by atoms with van der Waals surface area (Å²) in [6.45, 7) is 4.35. The van der Waals surface area contributed by atoms with Crippen LogP contribution < -0.4 is 0 Å². The molecule has 1 nitrogen and oxygen atoms in total. The fourth-order valence-electron chi connectivity index (χ4n) is 0.634. The summed E-state index contributed by atoms with van der Waals surface area (Å²) in [5.41, 5.74) is 1.18. The Kier molecular flexibility index (Phi) is 2.22. The fourth-order valence-corrected chi connectivity index (χ4v) is 1.20. The summed E-state index contributed by atoms with van der Waals surface area (Å²) in [4.78, 5) is 0. The van der Waals surface area contributed by atoms with Gasteiger partial charge in [0.15, 0.2) is 0 Å².